The van der Waals surface area contributed by atoms with E-state index in [1.807, 2.05) is 36.4 Å². The maximum Gasteiger partial charge on any atom is 0.164 e. The van der Waals surface area contributed by atoms with Crippen LogP contribution in [0.3, 0.4) is 0 Å². The minimum absolute atomic E-state index is 0.641. The molecule has 2 aromatic heterocycles. The first-order chi connectivity index (χ1) is 33.2. The summed E-state index contributed by atoms with van der Waals surface area (Å²) >= 11 is 0. The molecule has 0 aliphatic carbocycles. The van der Waals surface area contributed by atoms with Gasteiger partial charge in [-0.25, -0.2) is 15.0 Å². The first kappa shape index (κ1) is 37.4. The van der Waals surface area contributed by atoms with Crippen LogP contribution in [0.5, 0.6) is 0 Å². The van der Waals surface area contributed by atoms with Crippen molar-refractivity contribution < 1.29 is 0 Å². The van der Waals surface area contributed by atoms with Gasteiger partial charge in [0.25, 0.3) is 0 Å². The van der Waals surface area contributed by atoms with Gasteiger partial charge in [0.2, 0.25) is 0 Å². The van der Waals surface area contributed by atoms with Gasteiger partial charge in [0.05, 0.1) is 11.0 Å². The van der Waals surface area contributed by atoms with Gasteiger partial charge in [0.1, 0.15) is 0 Å². The van der Waals surface area contributed by atoms with E-state index < -0.39 is 0 Å². The molecule has 14 rings (SSSR count). The molecule has 0 saturated carbocycles. The van der Waals surface area contributed by atoms with E-state index in [-0.39, 0.29) is 0 Å². The van der Waals surface area contributed by atoms with Crippen LogP contribution in [0.15, 0.2) is 231 Å². The zero-order valence-electron chi connectivity index (χ0n) is 36.2. The molecule has 0 aliphatic heterocycles. The predicted octanol–water partition coefficient (Wildman–Crippen LogP) is 16.6. The Balaban J connectivity index is 0.938. The van der Waals surface area contributed by atoms with Gasteiger partial charge in [-0.3, -0.25) is 0 Å². The second-order valence-electron chi connectivity index (χ2n) is 17.5. The van der Waals surface area contributed by atoms with Crippen LogP contribution in [0.1, 0.15) is 0 Å². The number of nitrogens with zero attached hydrogens (tertiary/aromatic N) is 4. The molecule has 67 heavy (non-hydrogen) atoms. The van der Waals surface area contributed by atoms with Gasteiger partial charge in [-0.05, 0) is 118 Å². The van der Waals surface area contributed by atoms with E-state index >= 15 is 0 Å². The predicted molar refractivity (Wildman–Crippen MR) is 281 cm³/mol. The summed E-state index contributed by atoms with van der Waals surface area (Å²) in [6.07, 6.45) is 0. The highest BCUT2D eigenvalue weighted by atomic mass is 15.0. The average molecular weight is 851 g/mol. The highest BCUT2D eigenvalue weighted by Gasteiger charge is 2.18. The lowest BCUT2D eigenvalue weighted by Crippen LogP contribution is -2.00. The van der Waals surface area contributed by atoms with Crippen molar-refractivity contribution in [1.82, 2.24) is 19.5 Å². The van der Waals surface area contributed by atoms with Crippen molar-refractivity contribution in [3.63, 3.8) is 0 Å². The summed E-state index contributed by atoms with van der Waals surface area (Å²) in [5, 5.41) is 17.3. The van der Waals surface area contributed by atoms with Crippen molar-refractivity contribution in [2.75, 3.05) is 0 Å². The van der Waals surface area contributed by atoms with Gasteiger partial charge in [-0.15, -0.1) is 0 Å². The van der Waals surface area contributed by atoms with Crippen LogP contribution < -0.4 is 0 Å². The number of fused-ring (bicyclic) bond motifs is 15. The number of para-hydroxylation sites is 1. The molecule has 0 aliphatic rings. The molecule has 2 heterocycles. The highest BCUT2D eigenvalue weighted by Crippen LogP contribution is 2.42. The maximum absolute atomic E-state index is 5.09. The van der Waals surface area contributed by atoms with Crippen molar-refractivity contribution in [2.24, 2.45) is 0 Å². The molecule has 0 spiro atoms. The molecule has 0 unspecified atom stereocenters. The van der Waals surface area contributed by atoms with Gasteiger partial charge < -0.3 is 4.57 Å². The van der Waals surface area contributed by atoms with E-state index in [2.05, 4.69) is 199 Å². The van der Waals surface area contributed by atoms with Crippen LogP contribution in [-0.4, -0.2) is 19.5 Å². The molecular weight excluding hydrogens is 813 g/mol. The van der Waals surface area contributed by atoms with Crippen molar-refractivity contribution in [3.8, 4) is 51.0 Å². The second-order valence-corrected chi connectivity index (χ2v) is 17.5. The van der Waals surface area contributed by atoms with Crippen LogP contribution >= 0.6 is 0 Å². The lowest BCUT2D eigenvalue weighted by molar-refractivity contribution is 1.07. The zero-order valence-corrected chi connectivity index (χ0v) is 36.2. The minimum Gasteiger partial charge on any atom is -0.309 e. The Morgan fingerprint density at radius 1 is 0.209 bits per heavy atom. The Morgan fingerprint density at radius 2 is 0.552 bits per heavy atom. The molecule has 4 heteroatoms. The van der Waals surface area contributed by atoms with E-state index in [1.165, 1.54) is 92.2 Å². The van der Waals surface area contributed by atoms with E-state index in [4.69, 9.17) is 15.0 Å². The van der Waals surface area contributed by atoms with Crippen molar-refractivity contribution >= 4 is 86.4 Å². The normalized spacial score (nSPS) is 11.9. The quantitative estimate of drug-likeness (QED) is 0.162. The van der Waals surface area contributed by atoms with Gasteiger partial charge in [0, 0.05) is 33.2 Å². The number of rotatable bonds is 5. The first-order valence-corrected chi connectivity index (χ1v) is 22.8. The number of aromatic nitrogens is 4. The third-order valence-electron chi connectivity index (χ3n) is 13.8. The maximum atomic E-state index is 5.09. The fourth-order valence-electron chi connectivity index (χ4n) is 10.7. The Hall–Kier alpha value is -8.99. The molecule has 0 N–H and O–H groups in total. The Kier molecular flexibility index (Phi) is 8.25. The summed E-state index contributed by atoms with van der Waals surface area (Å²) in [4.78, 5) is 15.1. The smallest absolute Gasteiger partial charge is 0.164 e. The Bertz CT molecular complexity index is 4230. The highest BCUT2D eigenvalue weighted by molar-refractivity contribution is 6.27. The molecular formula is C63H38N4. The molecule has 310 valence electrons. The summed E-state index contributed by atoms with van der Waals surface area (Å²) in [5.41, 5.74) is 8.72. The van der Waals surface area contributed by atoms with Crippen LogP contribution in [0.25, 0.3) is 137 Å². The topological polar surface area (TPSA) is 43.6 Å². The Morgan fingerprint density at radius 3 is 1.10 bits per heavy atom. The summed E-state index contributed by atoms with van der Waals surface area (Å²) in [5.74, 6) is 1.94. The van der Waals surface area contributed by atoms with Crippen LogP contribution in [0.4, 0.5) is 0 Å². The van der Waals surface area contributed by atoms with Crippen molar-refractivity contribution in [1.29, 1.82) is 0 Å². The van der Waals surface area contributed by atoms with Crippen molar-refractivity contribution in [2.45, 2.75) is 0 Å². The van der Waals surface area contributed by atoms with E-state index in [0.717, 1.165) is 27.8 Å². The lowest BCUT2D eigenvalue weighted by atomic mass is 9.92. The molecule has 0 bridgehead atoms. The number of benzene rings is 12. The van der Waals surface area contributed by atoms with Crippen LogP contribution in [-0.2, 0) is 0 Å². The number of hydrogen-bond donors (Lipinski definition) is 0. The van der Waals surface area contributed by atoms with Gasteiger partial charge in [-0.1, -0.05) is 188 Å². The fourth-order valence-corrected chi connectivity index (χ4v) is 10.7. The fraction of sp³-hybridized carbons (Fsp3) is 0. The van der Waals surface area contributed by atoms with E-state index in [0.29, 0.717) is 17.5 Å². The summed E-state index contributed by atoms with van der Waals surface area (Å²) in [7, 11) is 0. The molecule has 0 radical (unpaired) electrons. The average Bonchev–Trinajstić information content (AvgIpc) is 3.74. The third kappa shape index (κ3) is 5.90. The monoisotopic (exact) mass is 850 g/mol. The molecule has 0 amide bonds. The largest absolute Gasteiger partial charge is 0.309 e. The standard InChI is InChI=1S/C63H38N4/c1-3-15-39(16-4-1)61-64-62(40-17-5-2-6-18-40)66-63(65-61)43-28-32-53-56(37-43)50-24-12-10-22-48(50)52-33-30-44(38-57(52)53)67-59-26-14-13-25-54(59)58-36-42(29-34-60(58)67)41-27-31-51-47-21-8-7-19-45(47)46-20-9-11-23-49(46)55(51)35-41/h1-38H. The molecule has 12 aromatic carbocycles. The summed E-state index contributed by atoms with van der Waals surface area (Å²) < 4.78 is 2.43. The van der Waals surface area contributed by atoms with Crippen molar-refractivity contribution in [3.05, 3.63) is 231 Å². The van der Waals surface area contributed by atoms with Gasteiger partial charge >= 0.3 is 0 Å². The number of hydrogen-bond acceptors (Lipinski definition) is 3. The molecule has 14 aromatic rings. The molecule has 0 fully saturated rings. The van der Waals surface area contributed by atoms with Crippen LogP contribution in [0, 0.1) is 0 Å². The second kappa shape index (κ2) is 14.8. The minimum atomic E-state index is 0.641. The zero-order chi connectivity index (χ0) is 44.0. The van der Waals surface area contributed by atoms with E-state index in [9.17, 15) is 0 Å². The summed E-state index contributed by atoms with van der Waals surface area (Å²) in [6, 6.07) is 83.1. The Labute approximate surface area is 385 Å². The van der Waals surface area contributed by atoms with E-state index in [1.54, 1.807) is 0 Å². The third-order valence-corrected chi connectivity index (χ3v) is 13.8. The van der Waals surface area contributed by atoms with Gasteiger partial charge in [0.15, 0.2) is 17.5 Å². The molecule has 0 atom stereocenters. The SMILES string of the molecule is c1ccc(-c2nc(-c3ccccc3)nc(-c3ccc4c(c3)c3ccccc3c3ccc(-n5c6ccccc6c6cc(-c7ccc8c9ccccc9c9ccccc9c8c7)ccc65)cc34)n2)cc1. The molecule has 4 nitrogen and oxygen atoms in total. The first-order valence-electron chi connectivity index (χ1n) is 22.8. The molecule has 0 saturated heterocycles. The van der Waals surface area contributed by atoms with Gasteiger partial charge in [-0.2, -0.15) is 0 Å². The summed E-state index contributed by atoms with van der Waals surface area (Å²) in [6.45, 7) is 0. The van der Waals surface area contributed by atoms with Crippen LogP contribution in [0.2, 0.25) is 0 Å². The lowest BCUT2D eigenvalue weighted by Gasteiger charge is -2.15.